The number of rotatable bonds is 6. The van der Waals surface area contributed by atoms with Crippen molar-refractivity contribution in [2.45, 2.75) is 26.4 Å². The van der Waals surface area contributed by atoms with Crippen molar-refractivity contribution in [3.8, 4) is 21.8 Å². The third kappa shape index (κ3) is 4.78. The number of aromatic nitrogens is 3. The largest absolute Gasteiger partial charge is 0.349 e. The quantitative estimate of drug-likeness (QED) is 0.497. The number of nitrogens with zero attached hydrogens (tertiary/aromatic N) is 3. The third-order valence-corrected chi connectivity index (χ3v) is 5.88. The highest BCUT2D eigenvalue weighted by atomic mass is 32.1. The Kier molecular flexibility index (Phi) is 6.04. The van der Waals surface area contributed by atoms with Crippen LogP contribution in [0.25, 0.3) is 21.8 Å². The van der Waals surface area contributed by atoms with Crippen LogP contribution in [0.15, 0.2) is 76.9 Å². The SMILES string of the molecule is Cc1ccc(-c2ccc(=O)n(C(C)C(=O)NCc3csc(-c4ccccc4)n3)n2)cc1. The van der Waals surface area contributed by atoms with E-state index >= 15 is 0 Å². The summed E-state index contributed by atoms with van der Waals surface area (Å²) in [7, 11) is 0. The molecule has 4 rings (SSSR count). The molecule has 0 fully saturated rings. The molecule has 0 radical (unpaired) electrons. The first-order chi connectivity index (χ1) is 15.0. The molecule has 0 spiro atoms. The summed E-state index contributed by atoms with van der Waals surface area (Å²) in [5, 5.41) is 10.1. The van der Waals surface area contributed by atoms with Crippen LogP contribution >= 0.6 is 11.3 Å². The number of hydrogen-bond acceptors (Lipinski definition) is 5. The van der Waals surface area contributed by atoms with Crippen molar-refractivity contribution in [3.63, 3.8) is 0 Å². The van der Waals surface area contributed by atoms with Gasteiger partial charge in [0.05, 0.1) is 17.9 Å². The fourth-order valence-electron chi connectivity index (χ4n) is 3.12. The first kappa shape index (κ1) is 20.7. The van der Waals surface area contributed by atoms with Gasteiger partial charge >= 0.3 is 0 Å². The molecule has 0 aliphatic rings. The number of aryl methyl sites for hydroxylation is 1. The van der Waals surface area contributed by atoms with Crippen LogP contribution in [-0.4, -0.2) is 20.7 Å². The second kappa shape index (κ2) is 9.06. The van der Waals surface area contributed by atoms with Crippen molar-refractivity contribution in [2.24, 2.45) is 0 Å². The van der Waals surface area contributed by atoms with Crippen molar-refractivity contribution in [1.82, 2.24) is 20.1 Å². The minimum atomic E-state index is -0.745. The molecule has 31 heavy (non-hydrogen) atoms. The second-order valence-electron chi connectivity index (χ2n) is 7.27. The molecule has 0 saturated carbocycles. The van der Waals surface area contributed by atoms with Crippen LogP contribution in [0.4, 0.5) is 0 Å². The number of thiazole rings is 1. The Bertz CT molecular complexity index is 1250. The Morgan fingerprint density at radius 3 is 2.52 bits per heavy atom. The standard InChI is InChI=1S/C24H22N4O2S/c1-16-8-10-18(11-9-16)21-12-13-22(29)28(27-21)17(2)23(30)25-14-20-15-31-24(26-20)19-6-4-3-5-7-19/h3-13,15,17H,14H2,1-2H3,(H,25,30). The molecule has 4 aromatic rings. The molecule has 0 aliphatic carbocycles. The Morgan fingerprint density at radius 1 is 1.03 bits per heavy atom. The molecule has 7 heteroatoms. The average molecular weight is 431 g/mol. The van der Waals surface area contributed by atoms with Crippen molar-refractivity contribution in [3.05, 3.63) is 93.7 Å². The van der Waals surface area contributed by atoms with E-state index in [0.717, 1.165) is 27.4 Å². The Hall–Kier alpha value is -3.58. The van der Waals surface area contributed by atoms with Crippen molar-refractivity contribution in [2.75, 3.05) is 0 Å². The van der Waals surface area contributed by atoms with Gasteiger partial charge in [-0.3, -0.25) is 9.59 Å². The maximum Gasteiger partial charge on any atom is 0.267 e. The molecule has 2 aromatic heterocycles. The van der Waals surface area contributed by atoms with E-state index in [1.165, 1.54) is 22.1 Å². The molecule has 0 saturated heterocycles. The summed E-state index contributed by atoms with van der Waals surface area (Å²) in [6, 6.07) is 20.1. The number of hydrogen-bond donors (Lipinski definition) is 1. The summed E-state index contributed by atoms with van der Waals surface area (Å²) in [6.07, 6.45) is 0. The molecule has 1 unspecified atom stereocenters. The van der Waals surface area contributed by atoms with Gasteiger partial charge in [0.2, 0.25) is 5.91 Å². The van der Waals surface area contributed by atoms with Gasteiger partial charge in [-0.1, -0.05) is 60.2 Å². The highest BCUT2D eigenvalue weighted by Gasteiger charge is 2.18. The summed E-state index contributed by atoms with van der Waals surface area (Å²) < 4.78 is 1.22. The van der Waals surface area contributed by atoms with Crippen molar-refractivity contribution in [1.29, 1.82) is 0 Å². The number of nitrogens with one attached hydrogen (secondary N) is 1. The zero-order chi connectivity index (χ0) is 21.8. The van der Waals surface area contributed by atoms with Gasteiger partial charge in [0.25, 0.3) is 5.56 Å². The fourth-order valence-corrected chi connectivity index (χ4v) is 3.94. The van der Waals surface area contributed by atoms with Crippen LogP contribution in [-0.2, 0) is 11.3 Å². The van der Waals surface area contributed by atoms with Crippen LogP contribution in [0.3, 0.4) is 0 Å². The monoisotopic (exact) mass is 430 g/mol. The normalized spacial score (nSPS) is 11.8. The van der Waals surface area contributed by atoms with Gasteiger partial charge in [-0.15, -0.1) is 11.3 Å². The molecule has 0 bridgehead atoms. The molecule has 1 amide bonds. The lowest BCUT2D eigenvalue weighted by Crippen LogP contribution is -2.36. The highest BCUT2D eigenvalue weighted by Crippen LogP contribution is 2.23. The van der Waals surface area contributed by atoms with Gasteiger partial charge in [-0.05, 0) is 19.9 Å². The number of carbonyl (C=O) groups is 1. The maximum absolute atomic E-state index is 12.7. The van der Waals surface area contributed by atoms with Crippen molar-refractivity contribution >= 4 is 17.2 Å². The molecule has 2 aromatic carbocycles. The highest BCUT2D eigenvalue weighted by molar-refractivity contribution is 7.13. The first-order valence-electron chi connectivity index (χ1n) is 9.96. The lowest BCUT2D eigenvalue weighted by atomic mass is 10.1. The predicted octanol–water partition coefficient (Wildman–Crippen LogP) is 4.22. The van der Waals surface area contributed by atoms with E-state index in [2.05, 4.69) is 15.4 Å². The lowest BCUT2D eigenvalue weighted by molar-refractivity contribution is -0.124. The molecule has 2 heterocycles. The third-order valence-electron chi connectivity index (χ3n) is 4.93. The Morgan fingerprint density at radius 2 is 1.77 bits per heavy atom. The van der Waals surface area contributed by atoms with E-state index in [0.29, 0.717) is 12.2 Å². The number of benzene rings is 2. The van der Waals surface area contributed by atoms with Gasteiger partial charge < -0.3 is 5.32 Å². The van der Waals surface area contributed by atoms with Crippen LogP contribution in [0.5, 0.6) is 0 Å². The molecule has 0 aliphatic heterocycles. The number of carbonyl (C=O) groups excluding carboxylic acids is 1. The maximum atomic E-state index is 12.7. The average Bonchev–Trinajstić information content (AvgIpc) is 3.28. The first-order valence-corrected chi connectivity index (χ1v) is 10.8. The summed E-state index contributed by atoms with van der Waals surface area (Å²) in [6.45, 7) is 3.97. The molecule has 1 N–H and O–H groups in total. The van der Waals surface area contributed by atoms with Gasteiger partial charge in [0, 0.05) is 22.6 Å². The minimum Gasteiger partial charge on any atom is -0.349 e. The van der Waals surface area contributed by atoms with Crippen LogP contribution in [0.2, 0.25) is 0 Å². The smallest absolute Gasteiger partial charge is 0.267 e. The summed E-state index contributed by atoms with van der Waals surface area (Å²) in [5.41, 5.74) is 4.18. The van der Waals surface area contributed by atoms with Gasteiger partial charge in [0.15, 0.2) is 0 Å². The van der Waals surface area contributed by atoms with E-state index in [-0.39, 0.29) is 11.5 Å². The van der Waals surface area contributed by atoms with Crippen LogP contribution in [0, 0.1) is 6.92 Å². The van der Waals surface area contributed by atoms with E-state index < -0.39 is 6.04 Å². The Balaban J connectivity index is 1.46. The lowest BCUT2D eigenvalue weighted by Gasteiger charge is -2.14. The van der Waals surface area contributed by atoms with E-state index in [9.17, 15) is 9.59 Å². The summed E-state index contributed by atoms with van der Waals surface area (Å²) >= 11 is 1.53. The second-order valence-corrected chi connectivity index (χ2v) is 8.13. The Labute approximate surface area is 184 Å². The zero-order valence-electron chi connectivity index (χ0n) is 17.3. The molecule has 6 nitrogen and oxygen atoms in total. The van der Waals surface area contributed by atoms with Crippen LogP contribution in [0.1, 0.15) is 24.2 Å². The molecule has 156 valence electrons. The minimum absolute atomic E-state index is 0.287. The molecule has 1 atom stereocenters. The summed E-state index contributed by atoms with van der Waals surface area (Å²) in [4.78, 5) is 29.6. The van der Waals surface area contributed by atoms with E-state index in [1.54, 1.807) is 13.0 Å². The van der Waals surface area contributed by atoms with Gasteiger partial charge in [0.1, 0.15) is 11.0 Å². The van der Waals surface area contributed by atoms with Gasteiger partial charge in [-0.2, -0.15) is 5.10 Å². The van der Waals surface area contributed by atoms with Gasteiger partial charge in [-0.25, -0.2) is 9.67 Å². The van der Waals surface area contributed by atoms with Crippen LogP contribution < -0.4 is 10.9 Å². The zero-order valence-corrected chi connectivity index (χ0v) is 18.1. The predicted molar refractivity (Wildman–Crippen MR) is 123 cm³/mol. The van der Waals surface area contributed by atoms with Crippen molar-refractivity contribution < 1.29 is 4.79 Å². The fraction of sp³-hybridized carbons (Fsp3) is 0.167. The molecular formula is C24H22N4O2S. The summed E-state index contributed by atoms with van der Waals surface area (Å²) in [5.74, 6) is -0.287. The molecular weight excluding hydrogens is 408 g/mol. The number of amides is 1. The van der Waals surface area contributed by atoms with E-state index in [1.807, 2.05) is 66.9 Å². The van der Waals surface area contributed by atoms with E-state index in [4.69, 9.17) is 0 Å². The topological polar surface area (TPSA) is 76.9 Å².